The predicted molar refractivity (Wildman–Crippen MR) is 111 cm³/mol. The van der Waals surface area contributed by atoms with E-state index in [1.807, 2.05) is 18.2 Å². The number of carbonyl (C=O) groups is 2. The highest BCUT2D eigenvalue weighted by atomic mass is 16.5. The molecule has 2 bridgehead atoms. The van der Waals surface area contributed by atoms with Crippen molar-refractivity contribution < 1.29 is 24.5 Å². The van der Waals surface area contributed by atoms with Crippen molar-refractivity contribution in [3.63, 3.8) is 0 Å². The van der Waals surface area contributed by atoms with Gasteiger partial charge in [-0.15, -0.1) is 0 Å². The molecule has 2 heterocycles. The van der Waals surface area contributed by atoms with Crippen LogP contribution in [0, 0.1) is 5.92 Å². The molecule has 2 saturated carbocycles. The average molecular weight is 428 g/mol. The molecular formula is C23H29N3O5. The minimum absolute atomic E-state index is 0.314. The molecule has 1 unspecified atom stereocenters. The lowest BCUT2D eigenvalue weighted by Gasteiger charge is -2.66. The zero-order valence-electron chi connectivity index (χ0n) is 17.7. The number of methoxy groups -OCH3 is 1. The first kappa shape index (κ1) is 19.5. The van der Waals surface area contributed by atoms with E-state index in [1.54, 1.807) is 7.11 Å². The number of amides is 3. The van der Waals surface area contributed by atoms with E-state index in [0.717, 1.165) is 24.2 Å². The summed E-state index contributed by atoms with van der Waals surface area (Å²) in [6, 6.07) is 4.73. The molecule has 6 rings (SSSR count). The van der Waals surface area contributed by atoms with Crippen LogP contribution < -0.4 is 15.4 Å². The molecule has 0 radical (unpaired) electrons. The van der Waals surface area contributed by atoms with E-state index in [9.17, 15) is 19.8 Å². The summed E-state index contributed by atoms with van der Waals surface area (Å²) < 4.78 is 5.48. The van der Waals surface area contributed by atoms with Gasteiger partial charge in [-0.05, 0) is 74.2 Å². The van der Waals surface area contributed by atoms with Crippen molar-refractivity contribution in [2.45, 2.75) is 67.2 Å². The molecule has 2 aliphatic heterocycles. The molecule has 5 aliphatic rings. The van der Waals surface area contributed by atoms with E-state index in [1.165, 1.54) is 12.8 Å². The quantitative estimate of drug-likeness (QED) is 0.535. The van der Waals surface area contributed by atoms with Gasteiger partial charge in [0, 0.05) is 12.0 Å². The molecular weight excluding hydrogens is 398 g/mol. The fourth-order valence-electron chi connectivity index (χ4n) is 7.01. The van der Waals surface area contributed by atoms with Crippen LogP contribution in [0.5, 0.6) is 5.75 Å². The Morgan fingerprint density at radius 2 is 2.03 bits per heavy atom. The lowest BCUT2D eigenvalue weighted by Crippen LogP contribution is -2.77. The van der Waals surface area contributed by atoms with Crippen molar-refractivity contribution in [1.29, 1.82) is 0 Å². The SMILES string of the molecule is COc1ccc2c(c1)C13CCN(CC4CC4)[C@H]([C@@H]2O)[C@]1(O)CC[C@@]1(C3)NC(=O)NC1=O. The summed E-state index contributed by atoms with van der Waals surface area (Å²) in [6.45, 7) is 1.62. The molecule has 3 amide bonds. The number of hydrogen-bond donors (Lipinski definition) is 4. The normalized spacial score (nSPS) is 41.4. The van der Waals surface area contributed by atoms with E-state index in [4.69, 9.17) is 4.74 Å². The van der Waals surface area contributed by atoms with Crippen LogP contribution in [0.15, 0.2) is 18.2 Å². The van der Waals surface area contributed by atoms with E-state index in [2.05, 4.69) is 15.5 Å². The Kier molecular flexibility index (Phi) is 3.91. The second-order valence-corrected chi connectivity index (χ2v) is 10.2. The highest BCUT2D eigenvalue weighted by molar-refractivity contribution is 6.07. The highest BCUT2D eigenvalue weighted by Crippen LogP contribution is 2.63. The van der Waals surface area contributed by atoms with Gasteiger partial charge in [0.2, 0.25) is 0 Å². The number of nitrogens with one attached hydrogen (secondary N) is 2. The first-order valence-corrected chi connectivity index (χ1v) is 11.3. The van der Waals surface area contributed by atoms with Gasteiger partial charge in [-0.2, -0.15) is 0 Å². The maximum atomic E-state index is 12.9. The van der Waals surface area contributed by atoms with Gasteiger partial charge < -0.3 is 20.3 Å². The Morgan fingerprint density at radius 1 is 1.23 bits per heavy atom. The number of rotatable bonds is 3. The summed E-state index contributed by atoms with van der Waals surface area (Å²) in [5.74, 6) is 0.970. The summed E-state index contributed by atoms with van der Waals surface area (Å²) in [4.78, 5) is 27.2. The van der Waals surface area contributed by atoms with Crippen molar-refractivity contribution in [2.75, 3.05) is 20.2 Å². The minimum atomic E-state index is -1.20. The fraction of sp³-hybridized carbons (Fsp3) is 0.652. The van der Waals surface area contributed by atoms with Crippen LogP contribution in [-0.4, -0.2) is 64.4 Å². The molecule has 4 N–H and O–H groups in total. The van der Waals surface area contributed by atoms with Crippen molar-refractivity contribution in [3.05, 3.63) is 29.3 Å². The minimum Gasteiger partial charge on any atom is -0.497 e. The number of aliphatic hydroxyl groups excluding tert-OH is 1. The summed E-state index contributed by atoms with van der Waals surface area (Å²) in [5.41, 5.74) is -1.35. The summed E-state index contributed by atoms with van der Waals surface area (Å²) >= 11 is 0. The fourth-order valence-corrected chi connectivity index (χ4v) is 7.01. The van der Waals surface area contributed by atoms with Gasteiger partial charge in [-0.3, -0.25) is 15.0 Å². The molecule has 31 heavy (non-hydrogen) atoms. The summed E-state index contributed by atoms with van der Waals surface area (Å²) in [7, 11) is 1.60. The third kappa shape index (κ3) is 2.46. The van der Waals surface area contributed by atoms with Gasteiger partial charge in [0.15, 0.2) is 0 Å². The number of hydrogen-bond acceptors (Lipinski definition) is 6. The lowest BCUT2D eigenvalue weighted by molar-refractivity contribution is -0.207. The van der Waals surface area contributed by atoms with Gasteiger partial charge in [-0.1, -0.05) is 6.07 Å². The molecule has 5 atom stereocenters. The van der Waals surface area contributed by atoms with Gasteiger partial charge in [-0.25, -0.2) is 4.79 Å². The molecule has 0 aromatic heterocycles. The summed E-state index contributed by atoms with van der Waals surface area (Å²) in [5, 5.41) is 29.1. The number of piperidine rings is 1. The number of imide groups is 1. The Labute approximate surface area is 180 Å². The van der Waals surface area contributed by atoms with Crippen LogP contribution >= 0.6 is 0 Å². The van der Waals surface area contributed by atoms with E-state index in [-0.39, 0.29) is 5.91 Å². The third-order valence-electron chi connectivity index (χ3n) is 8.67. The largest absolute Gasteiger partial charge is 0.497 e. The van der Waals surface area contributed by atoms with Crippen LogP contribution in [0.1, 0.15) is 55.8 Å². The van der Waals surface area contributed by atoms with Crippen LogP contribution in [-0.2, 0) is 10.2 Å². The summed E-state index contributed by atoms with van der Waals surface area (Å²) in [6.07, 6.45) is 3.24. The standard InChI is InChI=1S/C23H29N3O5/c1-31-14-4-5-15-16(10-14)21-8-9-26(11-13-2-3-13)18(17(15)27)23(21,30)7-6-22(12-21)19(28)24-20(29)25-22/h4-5,10,13,17-18,27,30H,2-3,6-9,11-12H2,1H3,(H2,24,25,28,29)/t17-,18-,21?,22+,23-/m1/s1. The van der Waals surface area contributed by atoms with Crippen molar-refractivity contribution >= 4 is 11.9 Å². The first-order chi connectivity index (χ1) is 14.8. The van der Waals surface area contributed by atoms with Gasteiger partial charge in [0.05, 0.1) is 24.9 Å². The molecule has 8 heteroatoms. The Morgan fingerprint density at radius 3 is 2.71 bits per heavy atom. The second kappa shape index (κ2) is 6.21. The zero-order chi connectivity index (χ0) is 21.6. The monoisotopic (exact) mass is 427 g/mol. The molecule has 3 aliphatic carbocycles. The number of carbonyl (C=O) groups excluding carboxylic acids is 2. The predicted octanol–water partition coefficient (Wildman–Crippen LogP) is 0.958. The topological polar surface area (TPSA) is 111 Å². The van der Waals surface area contributed by atoms with Crippen LogP contribution in [0.3, 0.4) is 0 Å². The number of urea groups is 1. The number of likely N-dealkylation sites (tertiary alicyclic amines) is 1. The number of ether oxygens (including phenoxy) is 1. The highest BCUT2D eigenvalue weighted by Gasteiger charge is 2.71. The Hall–Kier alpha value is -2.16. The Balaban J connectivity index is 1.53. The molecule has 1 spiro atoms. The number of nitrogens with zero attached hydrogens (tertiary/aromatic N) is 1. The van der Waals surface area contributed by atoms with Crippen LogP contribution in [0.4, 0.5) is 4.79 Å². The number of aliphatic hydroxyl groups is 2. The van der Waals surface area contributed by atoms with E-state index < -0.39 is 34.7 Å². The van der Waals surface area contributed by atoms with Crippen molar-refractivity contribution in [1.82, 2.24) is 15.5 Å². The molecule has 2 saturated heterocycles. The van der Waals surface area contributed by atoms with Gasteiger partial charge in [0.25, 0.3) is 5.91 Å². The number of benzene rings is 1. The van der Waals surface area contributed by atoms with E-state index >= 15 is 0 Å². The zero-order valence-corrected chi connectivity index (χ0v) is 17.7. The lowest BCUT2D eigenvalue weighted by atomic mass is 9.46. The molecule has 1 aromatic carbocycles. The van der Waals surface area contributed by atoms with Gasteiger partial charge >= 0.3 is 6.03 Å². The molecule has 166 valence electrons. The second-order valence-electron chi connectivity index (χ2n) is 10.2. The van der Waals surface area contributed by atoms with Crippen molar-refractivity contribution in [2.24, 2.45) is 5.92 Å². The molecule has 4 fully saturated rings. The molecule has 8 nitrogen and oxygen atoms in total. The average Bonchev–Trinajstić information content (AvgIpc) is 3.51. The third-order valence-corrected chi connectivity index (χ3v) is 8.67. The number of fused-ring (bicyclic) bond motifs is 1. The maximum Gasteiger partial charge on any atom is 0.322 e. The van der Waals surface area contributed by atoms with E-state index in [0.29, 0.717) is 37.4 Å². The van der Waals surface area contributed by atoms with Gasteiger partial charge in [0.1, 0.15) is 11.3 Å². The van der Waals surface area contributed by atoms with Crippen molar-refractivity contribution in [3.8, 4) is 5.75 Å². The van der Waals surface area contributed by atoms with Crippen LogP contribution in [0.25, 0.3) is 0 Å². The first-order valence-electron chi connectivity index (χ1n) is 11.3. The van der Waals surface area contributed by atoms with Crippen LogP contribution in [0.2, 0.25) is 0 Å². The molecule has 1 aromatic rings. The smallest absolute Gasteiger partial charge is 0.322 e. The maximum absolute atomic E-state index is 12.9. The Bertz CT molecular complexity index is 980.